The van der Waals surface area contributed by atoms with Crippen molar-refractivity contribution in [3.63, 3.8) is 0 Å². The van der Waals surface area contributed by atoms with Gasteiger partial charge in [0.2, 0.25) is 0 Å². The van der Waals surface area contributed by atoms with Crippen molar-refractivity contribution in [1.82, 2.24) is 4.98 Å². The zero-order valence-corrected chi connectivity index (χ0v) is 16.1. The van der Waals surface area contributed by atoms with E-state index in [1.54, 1.807) is 16.9 Å². The first-order chi connectivity index (χ1) is 12.7. The summed E-state index contributed by atoms with van der Waals surface area (Å²) in [5.74, 6) is 0.699. The summed E-state index contributed by atoms with van der Waals surface area (Å²) < 4.78 is 3.47. The van der Waals surface area contributed by atoms with Gasteiger partial charge in [-0.2, -0.15) is 0 Å². The molecule has 3 heteroatoms. The number of hydrogen-bond donors (Lipinski definition) is 0. The fraction of sp³-hybridized carbons (Fsp3) is 0.304. The molecule has 0 amide bonds. The molecule has 1 aliphatic rings. The summed E-state index contributed by atoms with van der Waals surface area (Å²) in [6.45, 7) is 2.27. The van der Waals surface area contributed by atoms with Gasteiger partial charge in [0.25, 0.3) is 6.33 Å². The van der Waals surface area contributed by atoms with E-state index >= 15 is 0 Å². The fourth-order valence-corrected chi connectivity index (χ4v) is 5.57. The molecule has 0 unspecified atom stereocenters. The van der Waals surface area contributed by atoms with E-state index in [0.29, 0.717) is 5.92 Å². The van der Waals surface area contributed by atoms with E-state index in [4.69, 9.17) is 0 Å². The molecule has 0 bridgehead atoms. The van der Waals surface area contributed by atoms with Crippen LogP contribution in [0.5, 0.6) is 0 Å². The highest BCUT2D eigenvalue weighted by molar-refractivity contribution is 7.17. The molecular weight excluding hydrogens is 336 g/mol. The molecule has 0 radical (unpaired) electrons. The second-order valence-corrected chi connectivity index (χ2v) is 8.42. The molecule has 0 aliphatic heterocycles. The first-order valence-electron chi connectivity index (χ1n) is 9.48. The second kappa shape index (κ2) is 6.17. The van der Waals surface area contributed by atoms with Crippen LogP contribution in [-0.4, -0.2) is 4.98 Å². The summed E-state index contributed by atoms with van der Waals surface area (Å²) in [5.41, 5.74) is 6.67. The highest BCUT2D eigenvalue weighted by Gasteiger charge is 2.24. The topological polar surface area (TPSA) is 16.8 Å². The van der Waals surface area contributed by atoms with Gasteiger partial charge in [-0.05, 0) is 64.0 Å². The van der Waals surface area contributed by atoms with Crippen LogP contribution in [0.3, 0.4) is 0 Å². The number of aromatic nitrogens is 2. The maximum atomic E-state index is 4.59. The van der Waals surface area contributed by atoms with Crippen LogP contribution < -0.4 is 4.57 Å². The zero-order chi connectivity index (χ0) is 17.7. The Morgan fingerprint density at radius 2 is 1.85 bits per heavy atom. The fourth-order valence-electron chi connectivity index (χ4n) is 4.63. The van der Waals surface area contributed by atoms with Gasteiger partial charge in [-0.1, -0.05) is 37.1 Å². The van der Waals surface area contributed by atoms with Gasteiger partial charge in [0.15, 0.2) is 11.2 Å². The summed E-state index contributed by atoms with van der Waals surface area (Å²) >= 11 is 1.79. The van der Waals surface area contributed by atoms with Crippen molar-refractivity contribution >= 4 is 32.3 Å². The van der Waals surface area contributed by atoms with Crippen LogP contribution in [0.25, 0.3) is 32.2 Å². The first-order valence-corrected chi connectivity index (χ1v) is 10.4. The van der Waals surface area contributed by atoms with Crippen LogP contribution in [0.2, 0.25) is 0 Å². The van der Waals surface area contributed by atoms with Crippen molar-refractivity contribution in [2.75, 3.05) is 0 Å². The largest absolute Gasteiger partial charge is 0.287 e. The molecule has 0 saturated heterocycles. The van der Waals surface area contributed by atoms with Gasteiger partial charge < -0.3 is 0 Å². The molecule has 2 nitrogen and oxygen atoms in total. The lowest BCUT2D eigenvalue weighted by Crippen LogP contribution is -2.31. The molecule has 0 N–H and O–H groups in total. The van der Waals surface area contributed by atoms with Gasteiger partial charge in [-0.25, -0.2) is 4.57 Å². The summed E-state index contributed by atoms with van der Waals surface area (Å²) in [6.07, 6.45) is 7.32. The Kier molecular flexibility index (Phi) is 3.79. The van der Waals surface area contributed by atoms with E-state index in [9.17, 15) is 0 Å². The van der Waals surface area contributed by atoms with Crippen molar-refractivity contribution in [3.05, 3.63) is 59.2 Å². The van der Waals surface area contributed by atoms with Crippen LogP contribution in [0.4, 0.5) is 0 Å². The molecule has 0 atom stereocenters. The van der Waals surface area contributed by atoms with Gasteiger partial charge in [0.05, 0.1) is 7.05 Å². The number of rotatable bonds is 2. The van der Waals surface area contributed by atoms with Crippen LogP contribution in [0.1, 0.15) is 42.7 Å². The standard InChI is InChI=1S/C23H23N2S/c1-15-17-9-5-6-10-18(17)20(16-7-3-4-8-16)13-19(15)22-23-21(11-12-26-23)24-14-25(22)2/h5-6,9-14,16H,3-4,7-8H2,1-2H3/q+1. The predicted octanol–water partition coefficient (Wildman–Crippen LogP) is 5.91. The number of fused-ring (bicyclic) bond motifs is 2. The summed E-state index contributed by atoms with van der Waals surface area (Å²) in [5, 5.41) is 4.99. The van der Waals surface area contributed by atoms with Crippen molar-refractivity contribution in [3.8, 4) is 11.3 Å². The molecule has 2 heterocycles. The molecule has 1 saturated carbocycles. The van der Waals surface area contributed by atoms with E-state index in [1.165, 1.54) is 58.0 Å². The third-order valence-electron chi connectivity index (χ3n) is 5.98. The van der Waals surface area contributed by atoms with Crippen molar-refractivity contribution in [2.24, 2.45) is 7.05 Å². The van der Waals surface area contributed by atoms with E-state index in [-0.39, 0.29) is 0 Å². The highest BCUT2D eigenvalue weighted by Crippen LogP contribution is 2.42. The minimum Gasteiger partial charge on any atom is -0.231 e. The van der Waals surface area contributed by atoms with Crippen molar-refractivity contribution < 1.29 is 4.57 Å². The van der Waals surface area contributed by atoms with E-state index < -0.39 is 0 Å². The lowest BCUT2D eigenvalue weighted by atomic mass is 9.87. The van der Waals surface area contributed by atoms with Gasteiger partial charge in [0.1, 0.15) is 4.70 Å². The average molecular weight is 360 g/mol. The number of benzene rings is 2. The highest BCUT2D eigenvalue weighted by atomic mass is 32.1. The Morgan fingerprint density at radius 1 is 1.08 bits per heavy atom. The van der Waals surface area contributed by atoms with Crippen LogP contribution in [-0.2, 0) is 7.05 Å². The van der Waals surface area contributed by atoms with Crippen LogP contribution in [0.15, 0.2) is 48.1 Å². The lowest BCUT2D eigenvalue weighted by Gasteiger charge is -2.18. The smallest absolute Gasteiger partial charge is 0.231 e. The Labute approximate surface area is 158 Å². The molecule has 1 aliphatic carbocycles. The number of hydrogen-bond acceptors (Lipinski definition) is 2. The molecule has 26 heavy (non-hydrogen) atoms. The molecule has 2 aromatic heterocycles. The quantitative estimate of drug-likeness (QED) is 0.407. The Balaban J connectivity index is 1.87. The Hall–Kier alpha value is -2.26. The third-order valence-corrected chi connectivity index (χ3v) is 6.89. The zero-order valence-electron chi connectivity index (χ0n) is 15.3. The monoisotopic (exact) mass is 359 g/mol. The van der Waals surface area contributed by atoms with E-state index in [2.05, 4.69) is 65.3 Å². The van der Waals surface area contributed by atoms with Crippen LogP contribution >= 0.6 is 11.3 Å². The van der Waals surface area contributed by atoms with Gasteiger partial charge in [0, 0.05) is 11.6 Å². The average Bonchev–Trinajstić information content (AvgIpc) is 3.34. The molecule has 130 valence electrons. The molecular formula is C23H23N2S+. The SMILES string of the molecule is Cc1c(-c2c3sccc3nc[n+]2C)cc(C2CCCC2)c2ccccc12. The van der Waals surface area contributed by atoms with E-state index in [1.807, 2.05) is 6.33 Å². The summed E-state index contributed by atoms with van der Waals surface area (Å²) in [7, 11) is 2.12. The summed E-state index contributed by atoms with van der Waals surface area (Å²) in [4.78, 5) is 4.59. The Bertz CT molecular complexity index is 1120. The lowest BCUT2D eigenvalue weighted by molar-refractivity contribution is -0.662. The van der Waals surface area contributed by atoms with Gasteiger partial charge >= 0.3 is 0 Å². The third kappa shape index (κ3) is 2.38. The number of aryl methyl sites for hydroxylation is 2. The molecule has 0 spiro atoms. The normalized spacial score (nSPS) is 15.3. The first kappa shape index (κ1) is 16.0. The van der Waals surface area contributed by atoms with Gasteiger partial charge in [-0.3, -0.25) is 0 Å². The second-order valence-electron chi connectivity index (χ2n) is 7.50. The minimum absolute atomic E-state index is 0.699. The minimum atomic E-state index is 0.699. The van der Waals surface area contributed by atoms with E-state index in [0.717, 1.165) is 5.52 Å². The molecule has 4 aromatic rings. The van der Waals surface area contributed by atoms with Crippen molar-refractivity contribution in [1.29, 1.82) is 0 Å². The molecule has 2 aromatic carbocycles. The Morgan fingerprint density at radius 3 is 2.65 bits per heavy atom. The number of thiophene rings is 1. The predicted molar refractivity (Wildman–Crippen MR) is 110 cm³/mol. The molecule has 1 fully saturated rings. The van der Waals surface area contributed by atoms with Crippen molar-refractivity contribution in [2.45, 2.75) is 38.5 Å². The maximum absolute atomic E-state index is 4.59. The van der Waals surface area contributed by atoms with Crippen LogP contribution in [0, 0.1) is 6.92 Å². The van der Waals surface area contributed by atoms with Gasteiger partial charge in [-0.15, -0.1) is 11.3 Å². The summed E-state index contributed by atoms with van der Waals surface area (Å²) in [6, 6.07) is 13.6. The maximum Gasteiger partial charge on any atom is 0.287 e. The number of nitrogens with zero attached hydrogens (tertiary/aromatic N) is 2. The molecule has 5 rings (SSSR count).